The standard InChI is InChI=1S/C22H36BF3N4O5/c1-13(2)8-15(10-27)22(32)30-7-5-6-16(30)11-35-12-17(28-20(26)19(24)25)21(31)29-18(23(33)34)9-14(3)4/h8,13-14,16-20,28,33-34H,5-7,9,11-12H2,1-4H3,(H,29,31)/t16?,17?,18-,20?/m0/s1. The van der Waals surface area contributed by atoms with Gasteiger partial charge in [0.05, 0.1) is 25.2 Å². The number of allylic oxidation sites excluding steroid dienone is 1. The molecule has 0 bridgehead atoms. The summed E-state index contributed by atoms with van der Waals surface area (Å²) in [6.07, 6.45) is -3.19. The number of alkyl halides is 3. The number of hydrogen-bond acceptors (Lipinski definition) is 7. The fraction of sp³-hybridized carbons (Fsp3) is 0.773. The van der Waals surface area contributed by atoms with Crippen LogP contribution in [0.25, 0.3) is 0 Å². The molecule has 0 aliphatic carbocycles. The van der Waals surface area contributed by atoms with E-state index in [1.54, 1.807) is 19.9 Å². The maximum absolute atomic E-state index is 13.7. The summed E-state index contributed by atoms with van der Waals surface area (Å²) in [7, 11) is -1.90. The van der Waals surface area contributed by atoms with Crippen LogP contribution in [0.1, 0.15) is 47.0 Å². The summed E-state index contributed by atoms with van der Waals surface area (Å²) in [6.45, 7) is 7.12. The maximum atomic E-state index is 13.7. The Morgan fingerprint density at radius 2 is 1.91 bits per heavy atom. The largest absolute Gasteiger partial charge is 0.475 e. The van der Waals surface area contributed by atoms with Gasteiger partial charge in [-0.2, -0.15) is 5.26 Å². The van der Waals surface area contributed by atoms with Gasteiger partial charge in [0, 0.05) is 6.54 Å². The molecule has 35 heavy (non-hydrogen) atoms. The highest BCUT2D eigenvalue weighted by molar-refractivity contribution is 6.43. The molecule has 9 nitrogen and oxygen atoms in total. The zero-order valence-electron chi connectivity index (χ0n) is 20.6. The lowest BCUT2D eigenvalue weighted by atomic mass is 9.75. The van der Waals surface area contributed by atoms with E-state index < -0.39 is 56.3 Å². The van der Waals surface area contributed by atoms with Gasteiger partial charge in [0.2, 0.25) is 12.2 Å². The summed E-state index contributed by atoms with van der Waals surface area (Å²) in [5, 5.41) is 32.5. The highest BCUT2D eigenvalue weighted by atomic mass is 19.3. The second kappa shape index (κ2) is 15.1. The van der Waals surface area contributed by atoms with E-state index in [1.165, 1.54) is 4.90 Å². The van der Waals surface area contributed by atoms with Gasteiger partial charge in [-0.05, 0) is 31.1 Å². The molecule has 0 aromatic rings. The van der Waals surface area contributed by atoms with Crippen LogP contribution in [0.3, 0.4) is 0 Å². The van der Waals surface area contributed by atoms with Gasteiger partial charge in [-0.1, -0.05) is 33.8 Å². The average molecular weight is 504 g/mol. The smallest absolute Gasteiger partial charge is 0.426 e. The number of likely N-dealkylation sites (tertiary alicyclic amines) is 1. The molecule has 1 heterocycles. The molecule has 198 valence electrons. The molecule has 1 fully saturated rings. The van der Waals surface area contributed by atoms with Crippen molar-refractivity contribution in [2.45, 2.75) is 77.7 Å². The first kappa shape index (κ1) is 30.9. The van der Waals surface area contributed by atoms with E-state index in [0.29, 0.717) is 19.4 Å². The lowest BCUT2D eigenvalue weighted by molar-refractivity contribution is -0.130. The molecular weight excluding hydrogens is 468 g/mol. The Morgan fingerprint density at radius 3 is 2.43 bits per heavy atom. The van der Waals surface area contributed by atoms with Gasteiger partial charge in [0.15, 0.2) is 0 Å². The molecule has 0 spiro atoms. The van der Waals surface area contributed by atoms with Gasteiger partial charge in [-0.15, -0.1) is 0 Å². The van der Waals surface area contributed by atoms with E-state index in [1.807, 2.05) is 25.2 Å². The molecule has 4 atom stereocenters. The summed E-state index contributed by atoms with van der Waals surface area (Å²) in [5.41, 5.74) is 0.0155. The molecule has 13 heteroatoms. The van der Waals surface area contributed by atoms with Crippen molar-refractivity contribution >= 4 is 18.9 Å². The molecule has 4 N–H and O–H groups in total. The highest BCUT2D eigenvalue weighted by Crippen LogP contribution is 2.21. The molecule has 1 aliphatic rings. The third-order valence-electron chi connectivity index (χ3n) is 5.39. The van der Waals surface area contributed by atoms with Crippen LogP contribution in [-0.2, 0) is 14.3 Å². The van der Waals surface area contributed by atoms with Crippen LogP contribution in [0, 0.1) is 23.2 Å². The fourth-order valence-corrected chi connectivity index (χ4v) is 3.75. The number of hydrogen-bond donors (Lipinski definition) is 4. The number of nitrogens with one attached hydrogen (secondary N) is 2. The number of nitrogens with zero attached hydrogens (tertiary/aromatic N) is 2. The molecule has 0 saturated carbocycles. The van der Waals surface area contributed by atoms with Gasteiger partial charge in [-0.25, -0.2) is 13.2 Å². The van der Waals surface area contributed by atoms with E-state index in [-0.39, 0.29) is 30.4 Å². The monoisotopic (exact) mass is 504 g/mol. The quantitative estimate of drug-likeness (QED) is 0.121. The molecule has 3 unspecified atom stereocenters. The Hall–Kier alpha value is -2.14. The Balaban J connectivity index is 2.85. The van der Waals surface area contributed by atoms with Crippen LogP contribution >= 0.6 is 0 Å². The predicted molar refractivity (Wildman–Crippen MR) is 123 cm³/mol. The third-order valence-corrected chi connectivity index (χ3v) is 5.39. The fourth-order valence-electron chi connectivity index (χ4n) is 3.75. The number of nitriles is 1. The Bertz CT molecular complexity index is 764. The second-order valence-electron chi connectivity index (χ2n) is 9.38. The van der Waals surface area contributed by atoms with Gasteiger partial charge in [-0.3, -0.25) is 14.9 Å². The second-order valence-corrected chi connectivity index (χ2v) is 9.38. The van der Waals surface area contributed by atoms with Crippen LogP contribution in [0.2, 0.25) is 0 Å². The molecular formula is C22H36BF3N4O5. The average Bonchev–Trinajstić information content (AvgIpc) is 3.23. The lowest BCUT2D eigenvalue weighted by Crippen LogP contribution is -2.56. The van der Waals surface area contributed by atoms with E-state index in [9.17, 15) is 38.1 Å². The van der Waals surface area contributed by atoms with Crippen LogP contribution < -0.4 is 10.6 Å². The van der Waals surface area contributed by atoms with Crippen LogP contribution in [0.4, 0.5) is 13.2 Å². The minimum absolute atomic E-state index is 0.00306. The van der Waals surface area contributed by atoms with Crippen molar-refractivity contribution in [3.63, 3.8) is 0 Å². The summed E-state index contributed by atoms with van der Waals surface area (Å²) in [4.78, 5) is 26.9. The van der Waals surface area contributed by atoms with Crippen molar-refractivity contribution in [1.82, 2.24) is 15.5 Å². The first-order valence-electron chi connectivity index (χ1n) is 11.7. The van der Waals surface area contributed by atoms with E-state index >= 15 is 0 Å². The maximum Gasteiger partial charge on any atom is 0.475 e. The highest BCUT2D eigenvalue weighted by Gasteiger charge is 2.34. The zero-order valence-corrected chi connectivity index (χ0v) is 20.6. The Kier molecular flexibility index (Phi) is 13.3. The normalized spacial score (nSPS) is 19.1. The van der Waals surface area contributed by atoms with Gasteiger partial charge < -0.3 is 25.0 Å². The van der Waals surface area contributed by atoms with Crippen molar-refractivity contribution in [3.05, 3.63) is 11.6 Å². The number of carbonyl (C=O) groups is 2. The molecule has 1 saturated heterocycles. The summed E-state index contributed by atoms with van der Waals surface area (Å²) in [6, 6.07) is -0.0459. The van der Waals surface area contributed by atoms with Crippen LogP contribution in [0.15, 0.2) is 11.6 Å². The Morgan fingerprint density at radius 1 is 1.26 bits per heavy atom. The minimum atomic E-state index is -3.39. The van der Waals surface area contributed by atoms with Crippen molar-refractivity contribution in [2.24, 2.45) is 11.8 Å². The lowest BCUT2D eigenvalue weighted by Gasteiger charge is -2.27. The van der Waals surface area contributed by atoms with E-state index in [4.69, 9.17) is 4.74 Å². The third kappa shape index (κ3) is 10.6. The predicted octanol–water partition coefficient (Wildman–Crippen LogP) is 1.16. The number of amides is 2. The molecule has 0 radical (unpaired) electrons. The molecule has 0 aromatic heterocycles. The first-order valence-corrected chi connectivity index (χ1v) is 11.7. The number of halogens is 3. The van der Waals surface area contributed by atoms with Crippen LogP contribution in [-0.4, -0.2) is 84.4 Å². The Labute approximate surface area is 204 Å². The topological polar surface area (TPSA) is 135 Å². The summed E-state index contributed by atoms with van der Waals surface area (Å²) >= 11 is 0. The first-order chi connectivity index (χ1) is 16.4. The number of carbonyl (C=O) groups excluding carboxylic acids is 2. The van der Waals surface area contributed by atoms with Gasteiger partial charge >= 0.3 is 7.12 Å². The van der Waals surface area contributed by atoms with Crippen molar-refractivity contribution in [2.75, 3.05) is 19.8 Å². The molecule has 2 amide bonds. The summed E-state index contributed by atoms with van der Waals surface area (Å²) in [5.74, 6) is -2.48. The molecule has 0 aromatic carbocycles. The van der Waals surface area contributed by atoms with E-state index in [0.717, 1.165) is 0 Å². The SMILES string of the molecule is CC(C)C=C(C#N)C(=O)N1CCCC1COCC(NC(F)C(F)F)C(=O)N[C@@H](CC(C)C)B(O)O. The van der Waals surface area contributed by atoms with Crippen molar-refractivity contribution in [3.8, 4) is 6.07 Å². The van der Waals surface area contributed by atoms with Gasteiger partial charge in [0.25, 0.3) is 12.3 Å². The van der Waals surface area contributed by atoms with Crippen molar-refractivity contribution < 1.29 is 37.5 Å². The minimum Gasteiger partial charge on any atom is -0.426 e. The van der Waals surface area contributed by atoms with Gasteiger partial charge in [0.1, 0.15) is 17.7 Å². The van der Waals surface area contributed by atoms with Crippen molar-refractivity contribution in [1.29, 1.82) is 5.26 Å². The molecule has 1 rings (SSSR count). The van der Waals surface area contributed by atoms with E-state index in [2.05, 4.69) is 5.32 Å². The zero-order chi connectivity index (χ0) is 26.7. The molecule has 1 aliphatic heterocycles. The van der Waals surface area contributed by atoms with Crippen LogP contribution in [0.5, 0.6) is 0 Å². The number of rotatable bonds is 14. The number of ether oxygens (including phenoxy) is 1. The summed E-state index contributed by atoms with van der Waals surface area (Å²) < 4.78 is 44.7.